The molecule has 3 rings (SSSR count). The molecule has 0 saturated carbocycles. The van der Waals surface area contributed by atoms with E-state index < -0.39 is 27.8 Å². The molecule has 0 bridgehead atoms. The predicted molar refractivity (Wildman–Crippen MR) is 158 cm³/mol. The lowest BCUT2D eigenvalue weighted by Crippen LogP contribution is -2.58. The fourth-order valence-electron chi connectivity index (χ4n) is 4.55. The number of amides is 3. The Morgan fingerprint density at radius 3 is 2.27 bits per heavy atom. The molecule has 3 amide bonds. The van der Waals surface area contributed by atoms with E-state index in [2.05, 4.69) is 14.9 Å². The number of rotatable bonds is 13. The van der Waals surface area contributed by atoms with Crippen molar-refractivity contribution in [3.63, 3.8) is 0 Å². The van der Waals surface area contributed by atoms with Crippen molar-refractivity contribution in [2.24, 2.45) is 5.92 Å². The number of methoxy groups -OCH3 is 1. The highest BCUT2D eigenvalue weighted by atomic mass is 32.2. The summed E-state index contributed by atoms with van der Waals surface area (Å²) in [6.07, 6.45) is 1.92. The van der Waals surface area contributed by atoms with Gasteiger partial charge in [0.15, 0.2) is 0 Å². The number of carbonyl (C=O) groups excluding carboxylic acids is 2. The molecule has 1 heterocycles. The van der Waals surface area contributed by atoms with Crippen molar-refractivity contribution in [2.75, 3.05) is 57.5 Å². The van der Waals surface area contributed by atoms with E-state index in [1.54, 1.807) is 29.2 Å². The molecule has 11 heteroatoms. The third kappa shape index (κ3) is 9.41. The van der Waals surface area contributed by atoms with Crippen LogP contribution in [-0.2, 0) is 21.2 Å². The molecule has 2 atom stereocenters. The second-order valence-electron chi connectivity index (χ2n) is 10.4. The summed E-state index contributed by atoms with van der Waals surface area (Å²) in [5.41, 5.74) is 1.48. The normalized spacial score (nSPS) is 15.7. The minimum Gasteiger partial charge on any atom is -0.497 e. The lowest BCUT2D eigenvalue weighted by atomic mass is 9.97. The number of nitrogens with zero attached hydrogens (tertiary/aromatic N) is 3. The number of benzene rings is 2. The summed E-state index contributed by atoms with van der Waals surface area (Å²) in [7, 11) is -0.384. The number of likely N-dealkylation sites (N-methyl/N-ethyl adjacent to an activating group) is 1. The fourth-order valence-corrected chi connectivity index (χ4v) is 5.77. The van der Waals surface area contributed by atoms with Gasteiger partial charge in [0, 0.05) is 38.4 Å². The molecule has 40 heavy (non-hydrogen) atoms. The first-order valence-electron chi connectivity index (χ1n) is 13.8. The summed E-state index contributed by atoms with van der Waals surface area (Å²) in [6.45, 7) is 6.75. The summed E-state index contributed by atoms with van der Waals surface area (Å²) in [5, 5.41) is 2.94. The third-order valence-corrected chi connectivity index (χ3v) is 8.48. The van der Waals surface area contributed by atoms with Crippen LogP contribution in [0.3, 0.4) is 0 Å². The van der Waals surface area contributed by atoms with Crippen molar-refractivity contribution in [1.29, 1.82) is 0 Å². The molecule has 2 N–H and O–H groups in total. The molecule has 220 valence electrons. The average Bonchev–Trinajstić information content (AvgIpc) is 2.95. The van der Waals surface area contributed by atoms with Gasteiger partial charge in [-0.25, -0.2) is 13.2 Å². The smallest absolute Gasteiger partial charge is 0.318 e. The van der Waals surface area contributed by atoms with Crippen molar-refractivity contribution in [1.82, 2.24) is 20.0 Å². The SMILES string of the molecule is CCC(C)[C@H](NC(=O)N1CCN(C)CC1)C(=O)N(CCCc1ccccc1)CS(=O)(=O)Nc1ccc(OC)cc1. The Morgan fingerprint density at radius 2 is 1.68 bits per heavy atom. The quantitative estimate of drug-likeness (QED) is 0.381. The third-order valence-electron chi connectivity index (χ3n) is 7.29. The van der Waals surface area contributed by atoms with Gasteiger partial charge >= 0.3 is 6.03 Å². The molecule has 0 spiro atoms. The van der Waals surface area contributed by atoms with Gasteiger partial charge < -0.3 is 24.8 Å². The molecule has 2 aromatic rings. The van der Waals surface area contributed by atoms with E-state index >= 15 is 0 Å². The lowest BCUT2D eigenvalue weighted by Gasteiger charge is -2.35. The standard InChI is InChI=1S/C29H43N5O5S/c1-5-23(2)27(30-29(36)33-20-18-32(3)19-21-33)28(35)34(17-9-12-24-10-7-6-8-11-24)22-40(37,38)31-25-13-15-26(39-4)16-14-25/h6-8,10-11,13-16,23,27,31H,5,9,12,17-22H2,1-4H3,(H,30,36)/t23?,27-/m0/s1. The number of sulfonamides is 1. The monoisotopic (exact) mass is 573 g/mol. The Labute approximate surface area is 238 Å². The molecule has 0 radical (unpaired) electrons. The van der Waals surface area contributed by atoms with Gasteiger partial charge in [0.1, 0.15) is 17.7 Å². The molecule has 0 aromatic heterocycles. The molecule has 1 aliphatic rings. The molecule has 10 nitrogen and oxygen atoms in total. The predicted octanol–water partition coefficient (Wildman–Crippen LogP) is 3.23. The van der Waals surface area contributed by atoms with E-state index in [0.717, 1.165) is 18.7 Å². The number of ether oxygens (including phenoxy) is 1. The van der Waals surface area contributed by atoms with E-state index in [-0.39, 0.29) is 18.5 Å². The minimum absolute atomic E-state index is 0.183. The highest BCUT2D eigenvalue weighted by Gasteiger charge is 2.33. The van der Waals surface area contributed by atoms with Crippen molar-refractivity contribution in [2.45, 2.75) is 39.2 Å². The van der Waals surface area contributed by atoms with E-state index in [0.29, 0.717) is 43.8 Å². The van der Waals surface area contributed by atoms with Crippen LogP contribution in [0.1, 0.15) is 32.3 Å². The molecule has 1 saturated heterocycles. The van der Waals surface area contributed by atoms with Gasteiger partial charge in [-0.1, -0.05) is 50.6 Å². The van der Waals surface area contributed by atoms with E-state index in [9.17, 15) is 18.0 Å². The highest BCUT2D eigenvalue weighted by Crippen LogP contribution is 2.18. The van der Waals surface area contributed by atoms with E-state index in [1.165, 1.54) is 12.0 Å². The van der Waals surface area contributed by atoms with Crippen LogP contribution < -0.4 is 14.8 Å². The number of anilines is 1. The number of urea groups is 1. The van der Waals surface area contributed by atoms with Crippen molar-refractivity contribution < 1.29 is 22.7 Å². The van der Waals surface area contributed by atoms with Crippen LogP contribution in [0.5, 0.6) is 5.75 Å². The molecular weight excluding hydrogens is 530 g/mol. The van der Waals surface area contributed by atoms with Crippen LogP contribution in [0.4, 0.5) is 10.5 Å². The van der Waals surface area contributed by atoms with Crippen LogP contribution in [0, 0.1) is 5.92 Å². The van der Waals surface area contributed by atoms with Crippen LogP contribution in [0.25, 0.3) is 0 Å². The first kappa shape index (κ1) is 31.2. The molecule has 1 fully saturated rings. The van der Waals surface area contributed by atoms with Crippen LogP contribution in [-0.4, -0.2) is 93.9 Å². The first-order chi connectivity index (χ1) is 19.1. The minimum atomic E-state index is -3.93. The Balaban J connectivity index is 1.77. The van der Waals surface area contributed by atoms with Gasteiger partial charge in [0.2, 0.25) is 5.91 Å². The van der Waals surface area contributed by atoms with Crippen LogP contribution in [0.15, 0.2) is 54.6 Å². The lowest BCUT2D eigenvalue weighted by molar-refractivity contribution is -0.133. The summed E-state index contributed by atoms with van der Waals surface area (Å²) >= 11 is 0. The van der Waals surface area contributed by atoms with Gasteiger partial charge in [0.05, 0.1) is 7.11 Å². The van der Waals surface area contributed by atoms with Gasteiger partial charge in [-0.2, -0.15) is 0 Å². The fraction of sp³-hybridized carbons (Fsp3) is 0.517. The van der Waals surface area contributed by atoms with Crippen LogP contribution in [0.2, 0.25) is 0 Å². The molecule has 1 unspecified atom stereocenters. The molecule has 1 aliphatic heterocycles. The number of carbonyl (C=O) groups is 2. The largest absolute Gasteiger partial charge is 0.497 e. The van der Waals surface area contributed by atoms with Gasteiger partial charge in [0.25, 0.3) is 10.0 Å². The van der Waals surface area contributed by atoms with Crippen molar-refractivity contribution in [3.8, 4) is 5.75 Å². The Morgan fingerprint density at radius 1 is 1.02 bits per heavy atom. The van der Waals surface area contributed by atoms with E-state index in [4.69, 9.17) is 4.74 Å². The maximum atomic E-state index is 13.9. The Bertz CT molecular complexity index is 1190. The molecular formula is C29H43N5O5S. The van der Waals surface area contributed by atoms with Gasteiger partial charge in [-0.15, -0.1) is 0 Å². The zero-order valence-electron chi connectivity index (χ0n) is 24.0. The summed E-state index contributed by atoms with van der Waals surface area (Å²) < 4.78 is 34.2. The second kappa shape index (κ2) is 14.9. The average molecular weight is 574 g/mol. The topological polar surface area (TPSA) is 111 Å². The number of hydrogen-bond acceptors (Lipinski definition) is 6. The number of nitrogens with one attached hydrogen (secondary N) is 2. The maximum absolute atomic E-state index is 13.9. The van der Waals surface area contributed by atoms with Crippen molar-refractivity contribution in [3.05, 3.63) is 60.2 Å². The number of hydrogen-bond donors (Lipinski definition) is 2. The maximum Gasteiger partial charge on any atom is 0.318 e. The number of piperazine rings is 1. The zero-order chi connectivity index (χ0) is 29.1. The number of aryl methyl sites for hydroxylation is 1. The molecule has 0 aliphatic carbocycles. The summed E-state index contributed by atoms with van der Waals surface area (Å²) in [6, 6.07) is 15.3. The second-order valence-corrected chi connectivity index (χ2v) is 12.1. The molecule has 2 aromatic carbocycles. The van der Waals surface area contributed by atoms with Crippen molar-refractivity contribution >= 4 is 27.6 Å². The highest BCUT2D eigenvalue weighted by molar-refractivity contribution is 7.92. The summed E-state index contributed by atoms with van der Waals surface area (Å²) in [4.78, 5) is 32.3. The zero-order valence-corrected chi connectivity index (χ0v) is 24.8. The summed E-state index contributed by atoms with van der Waals surface area (Å²) in [5.74, 6) is -0.500. The van der Waals surface area contributed by atoms with Gasteiger partial charge in [-0.05, 0) is 55.6 Å². The van der Waals surface area contributed by atoms with Gasteiger partial charge in [-0.3, -0.25) is 9.52 Å². The Hall–Kier alpha value is -3.31. The first-order valence-corrected chi connectivity index (χ1v) is 15.5. The van der Waals surface area contributed by atoms with Crippen LogP contribution >= 0.6 is 0 Å². The Kier molecular flexibility index (Phi) is 11.6. The van der Waals surface area contributed by atoms with E-state index in [1.807, 2.05) is 51.2 Å².